The highest BCUT2D eigenvalue weighted by Gasteiger charge is 2.14. The van der Waals surface area contributed by atoms with E-state index in [0.717, 1.165) is 5.57 Å². The minimum absolute atomic E-state index is 0.0265. The summed E-state index contributed by atoms with van der Waals surface area (Å²) in [5.74, 6) is -0.000783. The third-order valence-corrected chi connectivity index (χ3v) is 1.92. The fraction of sp³-hybridized carbons (Fsp3) is 0.400. The van der Waals surface area contributed by atoms with E-state index in [1.807, 2.05) is 6.08 Å². The van der Waals surface area contributed by atoms with Crippen LogP contribution in [0.1, 0.15) is 20.3 Å². The van der Waals surface area contributed by atoms with Crippen molar-refractivity contribution < 1.29 is 9.59 Å². The van der Waals surface area contributed by atoms with Gasteiger partial charge in [-0.25, -0.2) is 0 Å². The molecule has 0 heterocycles. The highest BCUT2D eigenvalue weighted by Crippen LogP contribution is 2.13. The average molecular weight is 179 g/mol. The van der Waals surface area contributed by atoms with Crippen LogP contribution in [0.25, 0.3) is 0 Å². The summed E-state index contributed by atoms with van der Waals surface area (Å²) in [6, 6.07) is -0.0265. The number of hydrogen-bond acceptors (Lipinski definition) is 2. The fourth-order valence-electron chi connectivity index (χ4n) is 1.30. The van der Waals surface area contributed by atoms with Crippen molar-refractivity contribution in [1.29, 1.82) is 0 Å². The molecule has 0 aliphatic heterocycles. The average Bonchev–Trinajstić information content (AvgIpc) is 2.03. The zero-order chi connectivity index (χ0) is 9.84. The monoisotopic (exact) mass is 179 g/mol. The Morgan fingerprint density at radius 3 is 2.69 bits per heavy atom. The van der Waals surface area contributed by atoms with Gasteiger partial charge in [0.2, 0.25) is 5.91 Å². The Morgan fingerprint density at radius 1 is 1.46 bits per heavy atom. The van der Waals surface area contributed by atoms with Crippen molar-refractivity contribution in [2.45, 2.75) is 26.3 Å². The Balaban J connectivity index is 2.59. The second kappa shape index (κ2) is 4.03. The first kappa shape index (κ1) is 9.71. The number of allylic oxidation sites excluding steroid dienone is 2. The van der Waals surface area contributed by atoms with E-state index in [1.165, 1.54) is 13.8 Å². The number of amides is 1. The van der Waals surface area contributed by atoms with E-state index >= 15 is 0 Å². The smallest absolute Gasteiger partial charge is 0.217 e. The zero-order valence-electron chi connectivity index (χ0n) is 7.83. The lowest BCUT2D eigenvalue weighted by Gasteiger charge is -2.17. The number of Topliss-reactive ketones (excluding diaryl/α,β-unsaturated/α-hetero) is 1. The normalized spacial score (nSPS) is 20.8. The molecule has 0 saturated carbocycles. The van der Waals surface area contributed by atoms with Gasteiger partial charge in [-0.2, -0.15) is 0 Å². The van der Waals surface area contributed by atoms with E-state index < -0.39 is 0 Å². The van der Waals surface area contributed by atoms with Crippen molar-refractivity contribution >= 4 is 11.7 Å². The predicted molar refractivity (Wildman–Crippen MR) is 50.1 cm³/mol. The quantitative estimate of drug-likeness (QED) is 0.686. The second-order valence-electron chi connectivity index (χ2n) is 3.14. The zero-order valence-corrected chi connectivity index (χ0v) is 7.83. The molecule has 1 rings (SSSR count). The second-order valence-corrected chi connectivity index (χ2v) is 3.14. The predicted octanol–water partition coefficient (Wildman–Crippen LogP) is 0.966. The van der Waals surface area contributed by atoms with Crippen molar-refractivity contribution in [3.05, 3.63) is 23.8 Å². The van der Waals surface area contributed by atoms with Crippen LogP contribution in [0, 0.1) is 0 Å². The summed E-state index contributed by atoms with van der Waals surface area (Å²) in [5, 5.41) is 2.75. The summed E-state index contributed by atoms with van der Waals surface area (Å²) >= 11 is 0. The Bertz CT molecular complexity index is 289. The fourth-order valence-corrected chi connectivity index (χ4v) is 1.30. The third-order valence-electron chi connectivity index (χ3n) is 1.92. The number of ketones is 1. The lowest BCUT2D eigenvalue weighted by Crippen LogP contribution is -2.33. The molecule has 0 fully saturated rings. The van der Waals surface area contributed by atoms with Crippen molar-refractivity contribution in [3.8, 4) is 0 Å². The van der Waals surface area contributed by atoms with E-state index in [0.29, 0.717) is 6.42 Å². The molecule has 0 aromatic heterocycles. The van der Waals surface area contributed by atoms with E-state index in [4.69, 9.17) is 0 Å². The number of rotatable bonds is 2. The first-order chi connectivity index (χ1) is 6.09. The molecule has 0 aromatic carbocycles. The molecule has 70 valence electrons. The van der Waals surface area contributed by atoms with Gasteiger partial charge in [-0.15, -0.1) is 0 Å². The molecular formula is C10H13NO2. The third kappa shape index (κ3) is 2.86. The Morgan fingerprint density at radius 2 is 2.15 bits per heavy atom. The SMILES string of the molecule is CC(=O)NC1C=CC=C(C(C)=O)C1. The van der Waals surface area contributed by atoms with Gasteiger partial charge in [-0.1, -0.05) is 18.2 Å². The molecular weight excluding hydrogens is 166 g/mol. The van der Waals surface area contributed by atoms with Gasteiger partial charge >= 0.3 is 0 Å². The minimum Gasteiger partial charge on any atom is -0.350 e. The number of nitrogens with one attached hydrogen (secondary N) is 1. The van der Waals surface area contributed by atoms with E-state index in [9.17, 15) is 9.59 Å². The highest BCUT2D eigenvalue weighted by atomic mass is 16.1. The van der Waals surface area contributed by atoms with Gasteiger partial charge < -0.3 is 5.32 Å². The molecule has 3 nitrogen and oxygen atoms in total. The summed E-state index contributed by atoms with van der Waals surface area (Å²) in [5.41, 5.74) is 0.765. The largest absolute Gasteiger partial charge is 0.350 e. The van der Waals surface area contributed by atoms with Gasteiger partial charge in [-0.05, 0) is 18.9 Å². The standard InChI is InChI=1S/C10H13NO2/c1-7(12)9-4-3-5-10(6-9)11-8(2)13/h3-5,10H,6H2,1-2H3,(H,11,13). The number of hydrogen-bond donors (Lipinski definition) is 1. The van der Waals surface area contributed by atoms with E-state index in [2.05, 4.69) is 5.32 Å². The summed E-state index contributed by atoms with van der Waals surface area (Å²) in [6.45, 7) is 3.01. The van der Waals surface area contributed by atoms with Crippen LogP contribution in [0.3, 0.4) is 0 Å². The maximum Gasteiger partial charge on any atom is 0.217 e. The molecule has 1 aliphatic rings. The first-order valence-electron chi connectivity index (χ1n) is 4.25. The van der Waals surface area contributed by atoms with Crippen LogP contribution in [0.4, 0.5) is 0 Å². The van der Waals surface area contributed by atoms with Crippen molar-refractivity contribution in [2.75, 3.05) is 0 Å². The molecule has 0 saturated heterocycles. The Labute approximate surface area is 77.5 Å². The van der Waals surface area contributed by atoms with Crippen molar-refractivity contribution in [3.63, 3.8) is 0 Å². The van der Waals surface area contributed by atoms with E-state index in [1.54, 1.807) is 12.2 Å². The molecule has 1 amide bonds. The summed E-state index contributed by atoms with van der Waals surface area (Å²) in [4.78, 5) is 21.8. The number of carbonyl (C=O) groups excluding carboxylic acids is 2. The Hall–Kier alpha value is -1.38. The maximum atomic E-state index is 11.0. The summed E-state index contributed by atoms with van der Waals surface area (Å²) in [6.07, 6.45) is 6.08. The van der Waals surface area contributed by atoms with Gasteiger partial charge in [0.25, 0.3) is 0 Å². The molecule has 0 bridgehead atoms. The van der Waals surface area contributed by atoms with Crippen LogP contribution in [0.2, 0.25) is 0 Å². The molecule has 1 unspecified atom stereocenters. The molecule has 0 aromatic rings. The van der Waals surface area contributed by atoms with Crippen LogP contribution in [-0.4, -0.2) is 17.7 Å². The topological polar surface area (TPSA) is 46.2 Å². The summed E-state index contributed by atoms with van der Waals surface area (Å²) in [7, 11) is 0. The van der Waals surface area contributed by atoms with Crippen molar-refractivity contribution in [1.82, 2.24) is 5.32 Å². The van der Waals surface area contributed by atoms with Gasteiger partial charge in [0.15, 0.2) is 5.78 Å². The summed E-state index contributed by atoms with van der Waals surface area (Å²) < 4.78 is 0. The molecule has 13 heavy (non-hydrogen) atoms. The Kier molecular flexibility index (Phi) is 3.01. The lowest BCUT2D eigenvalue weighted by atomic mass is 9.98. The van der Waals surface area contributed by atoms with Crippen LogP contribution in [0.5, 0.6) is 0 Å². The van der Waals surface area contributed by atoms with Crippen LogP contribution < -0.4 is 5.32 Å². The molecule has 0 spiro atoms. The maximum absolute atomic E-state index is 11.0. The molecule has 1 atom stereocenters. The highest BCUT2D eigenvalue weighted by molar-refractivity contribution is 5.94. The minimum atomic E-state index is -0.0700. The molecule has 1 aliphatic carbocycles. The van der Waals surface area contributed by atoms with Gasteiger partial charge in [0.1, 0.15) is 0 Å². The first-order valence-corrected chi connectivity index (χ1v) is 4.25. The van der Waals surface area contributed by atoms with E-state index in [-0.39, 0.29) is 17.7 Å². The van der Waals surface area contributed by atoms with Crippen LogP contribution in [-0.2, 0) is 9.59 Å². The molecule has 1 N–H and O–H groups in total. The molecule has 0 radical (unpaired) electrons. The van der Waals surface area contributed by atoms with Crippen molar-refractivity contribution in [2.24, 2.45) is 0 Å². The van der Waals surface area contributed by atoms with Gasteiger partial charge in [0.05, 0.1) is 6.04 Å². The number of carbonyl (C=O) groups is 2. The lowest BCUT2D eigenvalue weighted by molar-refractivity contribution is -0.119. The van der Waals surface area contributed by atoms with Gasteiger partial charge in [-0.3, -0.25) is 9.59 Å². The van der Waals surface area contributed by atoms with Crippen LogP contribution in [0.15, 0.2) is 23.8 Å². The van der Waals surface area contributed by atoms with Crippen LogP contribution >= 0.6 is 0 Å². The van der Waals surface area contributed by atoms with Gasteiger partial charge in [0, 0.05) is 6.92 Å². The molecule has 3 heteroatoms.